The number of carboxylic acid groups (broad SMARTS) is 1. The zero-order valence-corrected chi connectivity index (χ0v) is 12.4. The molecular formula is C14H22ClNO3. The van der Waals surface area contributed by atoms with E-state index in [2.05, 4.69) is 0 Å². The van der Waals surface area contributed by atoms with E-state index in [1.165, 1.54) is 0 Å². The van der Waals surface area contributed by atoms with Crippen molar-refractivity contribution >= 4 is 18.4 Å². The summed E-state index contributed by atoms with van der Waals surface area (Å²) in [7, 11) is 1.91. The van der Waals surface area contributed by atoms with Crippen LogP contribution in [-0.4, -0.2) is 35.7 Å². The number of carboxylic acids is 1. The molecule has 0 fully saturated rings. The van der Waals surface area contributed by atoms with Gasteiger partial charge in [-0.05, 0) is 27.0 Å². The van der Waals surface area contributed by atoms with Gasteiger partial charge in [0.25, 0.3) is 0 Å². The van der Waals surface area contributed by atoms with Crippen molar-refractivity contribution in [2.24, 2.45) is 0 Å². The van der Waals surface area contributed by atoms with Crippen molar-refractivity contribution in [2.45, 2.75) is 32.9 Å². The quantitative estimate of drug-likeness (QED) is 0.838. The van der Waals surface area contributed by atoms with Crippen LogP contribution in [0.25, 0.3) is 0 Å². The van der Waals surface area contributed by atoms with Gasteiger partial charge in [-0.1, -0.05) is 18.2 Å². The van der Waals surface area contributed by atoms with Crippen molar-refractivity contribution in [3.05, 3.63) is 29.8 Å². The van der Waals surface area contributed by atoms with Crippen molar-refractivity contribution in [1.82, 2.24) is 4.90 Å². The van der Waals surface area contributed by atoms with Crippen LogP contribution >= 0.6 is 12.4 Å². The van der Waals surface area contributed by atoms with Gasteiger partial charge in [0.15, 0.2) is 0 Å². The van der Waals surface area contributed by atoms with E-state index in [0.29, 0.717) is 13.1 Å². The van der Waals surface area contributed by atoms with Gasteiger partial charge in [0.05, 0.1) is 12.5 Å². The van der Waals surface area contributed by atoms with Crippen LogP contribution in [0.1, 0.15) is 25.8 Å². The van der Waals surface area contributed by atoms with Gasteiger partial charge in [-0.2, -0.15) is 0 Å². The molecule has 0 atom stereocenters. The van der Waals surface area contributed by atoms with Crippen LogP contribution in [0.2, 0.25) is 0 Å². The number of ether oxygens (including phenoxy) is 1. The number of nitrogens with zero attached hydrogens (tertiary/aromatic N) is 1. The van der Waals surface area contributed by atoms with E-state index in [1.54, 1.807) is 0 Å². The van der Waals surface area contributed by atoms with Gasteiger partial charge in [-0.15, -0.1) is 12.4 Å². The maximum Gasteiger partial charge on any atom is 0.304 e. The van der Waals surface area contributed by atoms with E-state index < -0.39 is 5.97 Å². The molecule has 0 amide bonds. The van der Waals surface area contributed by atoms with Gasteiger partial charge < -0.3 is 14.7 Å². The first-order chi connectivity index (χ1) is 8.49. The molecule has 5 heteroatoms. The fourth-order valence-electron chi connectivity index (χ4n) is 1.66. The number of aliphatic carboxylic acids is 1. The van der Waals surface area contributed by atoms with E-state index >= 15 is 0 Å². The third-order valence-electron chi connectivity index (χ3n) is 2.48. The second-order valence-corrected chi connectivity index (χ2v) is 4.66. The largest absolute Gasteiger partial charge is 0.491 e. The van der Waals surface area contributed by atoms with E-state index in [4.69, 9.17) is 9.84 Å². The molecule has 0 bridgehead atoms. The Morgan fingerprint density at radius 2 is 2.00 bits per heavy atom. The zero-order chi connectivity index (χ0) is 13.5. The Bertz CT molecular complexity index is 396. The molecule has 0 radical (unpaired) electrons. The first kappa shape index (κ1) is 17.7. The van der Waals surface area contributed by atoms with Gasteiger partial charge in [0, 0.05) is 18.7 Å². The minimum Gasteiger partial charge on any atom is -0.491 e. The van der Waals surface area contributed by atoms with Crippen molar-refractivity contribution in [2.75, 3.05) is 13.6 Å². The second kappa shape index (κ2) is 8.77. The van der Waals surface area contributed by atoms with Crippen molar-refractivity contribution < 1.29 is 14.6 Å². The van der Waals surface area contributed by atoms with Crippen molar-refractivity contribution in [3.63, 3.8) is 0 Å². The molecule has 4 nitrogen and oxygen atoms in total. The summed E-state index contributed by atoms with van der Waals surface area (Å²) >= 11 is 0. The third-order valence-corrected chi connectivity index (χ3v) is 2.48. The molecule has 0 unspecified atom stereocenters. The van der Waals surface area contributed by atoms with E-state index in [-0.39, 0.29) is 24.9 Å². The molecule has 0 saturated heterocycles. The van der Waals surface area contributed by atoms with E-state index in [0.717, 1.165) is 11.3 Å². The summed E-state index contributed by atoms with van der Waals surface area (Å²) < 4.78 is 5.73. The number of rotatable bonds is 7. The summed E-state index contributed by atoms with van der Waals surface area (Å²) in [5.41, 5.74) is 1.08. The molecule has 1 N–H and O–H groups in total. The lowest BCUT2D eigenvalue weighted by Crippen LogP contribution is -2.22. The first-order valence-electron chi connectivity index (χ1n) is 6.14. The molecule has 0 aliphatic heterocycles. The molecule has 108 valence electrons. The summed E-state index contributed by atoms with van der Waals surface area (Å²) in [6, 6.07) is 7.86. The van der Waals surface area contributed by atoms with Crippen LogP contribution in [0.15, 0.2) is 24.3 Å². The van der Waals surface area contributed by atoms with Gasteiger partial charge >= 0.3 is 5.97 Å². The third kappa shape index (κ3) is 7.03. The van der Waals surface area contributed by atoms with Gasteiger partial charge in [-0.3, -0.25) is 4.79 Å². The van der Waals surface area contributed by atoms with Crippen molar-refractivity contribution in [1.29, 1.82) is 0 Å². The summed E-state index contributed by atoms with van der Waals surface area (Å²) in [5, 5.41) is 8.65. The highest BCUT2D eigenvalue weighted by Crippen LogP contribution is 2.20. The molecule has 1 rings (SSSR count). The number of halogens is 1. The smallest absolute Gasteiger partial charge is 0.304 e. The highest BCUT2D eigenvalue weighted by molar-refractivity contribution is 5.85. The molecule has 0 saturated carbocycles. The second-order valence-electron chi connectivity index (χ2n) is 4.66. The summed E-state index contributed by atoms with van der Waals surface area (Å²) in [6.07, 6.45) is 0.291. The van der Waals surface area contributed by atoms with Crippen LogP contribution in [0, 0.1) is 0 Å². The van der Waals surface area contributed by atoms with Gasteiger partial charge in [0.2, 0.25) is 0 Å². The average Bonchev–Trinajstić information content (AvgIpc) is 2.28. The first-order valence-corrected chi connectivity index (χ1v) is 6.14. The van der Waals surface area contributed by atoms with Crippen LogP contribution in [-0.2, 0) is 11.3 Å². The van der Waals surface area contributed by atoms with E-state index in [9.17, 15) is 4.79 Å². The number of para-hydroxylation sites is 1. The normalized spacial score (nSPS) is 10.4. The monoisotopic (exact) mass is 287 g/mol. The fourth-order valence-corrected chi connectivity index (χ4v) is 1.66. The highest BCUT2D eigenvalue weighted by Gasteiger charge is 2.08. The summed E-state index contributed by atoms with van der Waals surface area (Å²) in [5.74, 6) is 0.100. The molecule has 1 aromatic rings. The summed E-state index contributed by atoms with van der Waals surface area (Å²) in [4.78, 5) is 12.5. The lowest BCUT2D eigenvalue weighted by molar-refractivity contribution is -0.137. The zero-order valence-electron chi connectivity index (χ0n) is 11.6. The molecule has 0 aliphatic carbocycles. The van der Waals surface area contributed by atoms with Gasteiger partial charge in [-0.25, -0.2) is 0 Å². The molecule has 0 aromatic heterocycles. The minimum atomic E-state index is -0.770. The Balaban J connectivity index is 0.00000324. The minimum absolute atomic E-state index is 0. The average molecular weight is 288 g/mol. The maximum atomic E-state index is 10.5. The van der Waals surface area contributed by atoms with Crippen LogP contribution < -0.4 is 4.74 Å². The van der Waals surface area contributed by atoms with Crippen LogP contribution in [0.4, 0.5) is 0 Å². The lowest BCUT2D eigenvalue weighted by atomic mass is 10.2. The maximum absolute atomic E-state index is 10.5. The molecule has 19 heavy (non-hydrogen) atoms. The Morgan fingerprint density at radius 1 is 1.37 bits per heavy atom. The molecule has 0 aliphatic rings. The van der Waals surface area contributed by atoms with Gasteiger partial charge in [0.1, 0.15) is 5.75 Å². The topological polar surface area (TPSA) is 49.8 Å². The number of hydrogen-bond donors (Lipinski definition) is 1. The predicted molar refractivity (Wildman–Crippen MR) is 78.0 cm³/mol. The Hall–Kier alpha value is -1.26. The van der Waals surface area contributed by atoms with Crippen LogP contribution in [0.3, 0.4) is 0 Å². The number of carbonyl (C=O) groups is 1. The Morgan fingerprint density at radius 3 is 2.58 bits per heavy atom. The molecule has 0 heterocycles. The number of benzene rings is 1. The Kier molecular flexibility index (Phi) is 8.19. The highest BCUT2D eigenvalue weighted by atomic mass is 35.5. The standard InChI is InChI=1S/C14H21NO3.ClH/c1-11(2)18-13-7-5-4-6-12(13)10-15(3)9-8-14(16)17;/h4-7,11H,8-10H2,1-3H3,(H,16,17);1H. The molecular weight excluding hydrogens is 266 g/mol. The van der Waals surface area contributed by atoms with E-state index in [1.807, 2.05) is 50.1 Å². The lowest BCUT2D eigenvalue weighted by Gasteiger charge is -2.19. The van der Waals surface area contributed by atoms with Crippen molar-refractivity contribution in [3.8, 4) is 5.75 Å². The molecule has 1 aromatic carbocycles. The predicted octanol–water partition coefficient (Wildman–Crippen LogP) is 2.80. The van der Waals surface area contributed by atoms with Crippen LogP contribution in [0.5, 0.6) is 5.75 Å². The fraction of sp³-hybridized carbons (Fsp3) is 0.500. The Labute approximate surface area is 120 Å². The molecule has 0 spiro atoms. The number of hydrogen-bond acceptors (Lipinski definition) is 3. The SMILES string of the molecule is CC(C)Oc1ccccc1CN(C)CCC(=O)O.Cl. The summed E-state index contributed by atoms with van der Waals surface area (Å²) in [6.45, 7) is 5.21.